The molecule has 2 aromatic rings. The number of pyridine rings is 1. The standard InChI is InChI=1S/C14H16FN3/c1-3-18(14-7-5-4-6-13(14)15)12-8-11(16-2)9-17-10-12/h4-10,16H,3H2,1-2H3. The highest BCUT2D eigenvalue weighted by Crippen LogP contribution is 2.28. The van der Waals surface area contributed by atoms with Gasteiger partial charge in [0.25, 0.3) is 0 Å². The van der Waals surface area contributed by atoms with E-state index in [2.05, 4.69) is 10.3 Å². The lowest BCUT2D eigenvalue weighted by atomic mass is 10.2. The molecule has 0 bridgehead atoms. The molecule has 2 rings (SSSR count). The Labute approximate surface area is 106 Å². The van der Waals surface area contributed by atoms with E-state index < -0.39 is 0 Å². The third-order valence-electron chi connectivity index (χ3n) is 2.78. The molecule has 0 saturated heterocycles. The molecular formula is C14H16FN3. The summed E-state index contributed by atoms with van der Waals surface area (Å²) in [6.07, 6.45) is 3.47. The van der Waals surface area contributed by atoms with Crippen molar-refractivity contribution in [2.75, 3.05) is 23.8 Å². The van der Waals surface area contributed by atoms with Crippen LogP contribution in [-0.4, -0.2) is 18.6 Å². The summed E-state index contributed by atoms with van der Waals surface area (Å²) < 4.78 is 13.8. The van der Waals surface area contributed by atoms with Gasteiger partial charge in [-0.3, -0.25) is 4.98 Å². The lowest BCUT2D eigenvalue weighted by Crippen LogP contribution is -2.17. The largest absolute Gasteiger partial charge is 0.387 e. The molecule has 0 aliphatic rings. The molecule has 4 heteroatoms. The van der Waals surface area contributed by atoms with Crippen LogP contribution in [0.3, 0.4) is 0 Å². The number of hydrogen-bond donors (Lipinski definition) is 1. The molecule has 0 saturated carbocycles. The first kappa shape index (κ1) is 12.4. The van der Waals surface area contributed by atoms with Gasteiger partial charge in [0.15, 0.2) is 0 Å². The number of rotatable bonds is 4. The highest BCUT2D eigenvalue weighted by molar-refractivity contribution is 5.66. The van der Waals surface area contributed by atoms with E-state index in [1.54, 1.807) is 24.5 Å². The molecule has 1 aromatic carbocycles. The Morgan fingerprint density at radius 3 is 2.72 bits per heavy atom. The first-order chi connectivity index (χ1) is 8.76. The molecule has 3 nitrogen and oxygen atoms in total. The Kier molecular flexibility index (Phi) is 3.77. The number of halogens is 1. The summed E-state index contributed by atoms with van der Waals surface area (Å²) in [5, 5.41) is 3.03. The second-order valence-electron chi connectivity index (χ2n) is 3.88. The van der Waals surface area contributed by atoms with Crippen molar-refractivity contribution in [3.8, 4) is 0 Å². The Hall–Kier alpha value is -2.10. The summed E-state index contributed by atoms with van der Waals surface area (Å²) in [6.45, 7) is 2.66. The minimum Gasteiger partial charge on any atom is -0.387 e. The van der Waals surface area contributed by atoms with E-state index in [9.17, 15) is 4.39 Å². The van der Waals surface area contributed by atoms with Gasteiger partial charge in [0.1, 0.15) is 5.82 Å². The zero-order valence-electron chi connectivity index (χ0n) is 10.5. The summed E-state index contributed by atoms with van der Waals surface area (Å²) in [5.74, 6) is -0.228. The maximum Gasteiger partial charge on any atom is 0.146 e. The van der Waals surface area contributed by atoms with E-state index in [4.69, 9.17) is 0 Å². The SMILES string of the molecule is CCN(c1cncc(NC)c1)c1ccccc1F. The first-order valence-electron chi connectivity index (χ1n) is 5.91. The van der Waals surface area contributed by atoms with Gasteiger partial charge < -0.3 is 10.2 Å². The van der Waals surface area contributed by atoms with Crippen molar-refractivity contribution >= 4 is 17.1 Å². The average molecular weight is 245 g/mol. The minimum atomic E-state index is -0.228. The molecule has 0 radical (unpaired) electrons. The van der Waals surface area contributed by atoms with Crippen LogP contribution in [0.2, 0.25) is 0 Å². The molecule has 94 valence electrons. The van der Waals surface area contributed by atoms with Crippen LogP contribution in [0.5, 0.6) is 0 Å². The van der Waals surface area contributed by atoms with Crippen LogP contribution in [0, 0.1) is 5.82 Å². The summed E-state index contributed by atoms with van der Waals surface area (Å²) in [6, 6.07) is 8.70. The Morgan fingerprint density at radius 2 is 2.06 bits per heavy atom. The summed E-state index contributed by atoms with van der Waals surface area (Å²) in [7, 11) is 1.83. The smallest absolute Gasteiger partial charge is 0.146 e. The summed E-state index contributed by atoms with van der Waals surface area (Å²) in [5.41, 5.74) is 2.34. The molecule has 0 aliphatic carbocycles. The number of benzene rings is 1. The average Bonchev–Trinajstić information content (AvgIpc) is 2.42. The normalized spacial score (nSPS) is 10.2. The zero-order valence-corrected chi connectivity index (χ0v) is 10.5. The van der Waals surface area contributed by atoms with Crippen LogP contribution in [0.15, 0.2) is 42.7 Å². The highest BCUT2D eigenvalue weighted by atomic mass is 19.1. The Morgan fingerprint density at radius 1 is 1.28 bits per heavy atom. The number of anilines is 3. The van der Waals surface area contributed by atoms with Crippen molar-refractivity contribution in [2.24, 2.45) is 0 Å². The fraction of sp³-hybridized carbons (Fsp3) is 0.214. The zero-order chi connectivity index (χ0) is 13.0. The summed E-state index contributed by atoms with van der Waals surface area (Å²) >= 11 is 0. The van der Waals surface area contributed by atoms with E-state index >= 15 is 0 Å². The third-order valence-corrected chi connectivity index (χ3v) is 2.78. The molecule has 0 spiro atoms. The first-order valence-corrected chi connectivity index (χ1v) is 5.91. The summed E-state index contributed by atoms with van der Waals surface area (Å²) in [4.78, 5) is 6.04. The lowest BCUT2D eigenvalue weighted by molar-refractivity contribution is 0.625. The second-order valence-corrected chi connectivity index (χ2v) is 3.88. The topological polar surface area (TPSA) is 28.2 Å². The van der Waals surface area contributed by atoms with Gasteiger partial charge in [-0.2, -0.15) is 0 Å². The third kappa shape index (κ3) is 2.42. The molecule has 1 N–H and O–H groups in total. The van der Waals surface area contributed by atoms with Crippen LogP contribution in [0.4, 0.5) is 21.5 Å². The van der Waals surface area contributed by atoms with E-state index in [1.165, 1.54) is 6.07 Å². The van der Waals surface area contributed by atoms with Gasteiger partial charge >= 0.3 is 0 Å². The van der Waals surface area contributed by atoms with Crippen LogP contribution in [0.25, 0.3) is 0 Å². The number of para-hydroxylation sites is 1. The van der Waals surface area contributed by atoms with Crippen molar-refractivity contribution in [2.45, 2.75) is 6.92 Å². The van der Waals surface area contributed by atoms with Crippen LogP contribution in [0.1, 0.15) is 6.92 Å². The highest BCUT2D eigenvalue weighted by Gasteiger charge is 2.11. The van der Waals surface area contributed by atoms with Crippen LogP contribution in [-0.2, 0) is 0 Å². The van der Waals surface area contributed by atoms with Gasteiger partial charge in [0.05, 0.1) is 29.5 Å². The van der Waals surface area contributed by atoms with Crippen LogP contribution >= 0.6 is 0 Å². The number of nitrogens with zero attached hydrogens (tertiary/aromatic N) is 2. The van der Waals surface area contributed by atoms with E-state index in [1.807, 2.05) is 31.0 Å². The van der Waals surface area contributed by atoms with Gasteiger partial charge in [-0.1, -0.05) is 12.1 Å². The van der Waals surface area contributed by atoms with Crippen molar-refractivity contribution in [1.29, 1.82) is 0 Å². The van der Waals surface area contributed by atoms with Crippen molar-refractivity contribution in [1.82, 2.24) is 4.98 Å². The molecule has 0 amide bonds. The maximum atomic E-state index is 13.8. The van der Waals surface area contributed by atoms with Crippen molar-refractivity contribution in [3.05, 3.63) is 48.5 Å². The fourth-order valence-electron chi connectivity index (χ4n) is 1.87. The van der Waals surface area contributed by atoms with Gasteiger partial charge in [0.2, 0.25) is 0 Å². The molecular weight excluding hydrogens is 229 g/mol. The predicted molar refractivity (Wildman–Crippen MR) is 72.9 cm³/mol. The monoisotopic (exact) mass is 245 g/mol. The van der Waals surface area contributed by atoms with E-state index in [-0.39, 0.29) is 5.82 Å². The quantitative estimate of drug-likeness (QED) is 0.894. The minimum absolute atomic E-state index is 0.228. The number of hydrogen-bond acceptors (Lipinski definition) is 3. The maximum absolute atomic E-state index is 13.8. The molecule has 1 heterocycles. The fourth-order valence-corrected chi connectivity index (χ4v) is 1.87. The van der Waals surface area contributed by atoms with Crippen molar-refractivity contribution in [3.63, 3.8) is 0 Å². The lowest BCUT2D eigenvalue weighted by Gasteiger charge is -2.23. The van der Waals surface area contributed by atoms with Gasteiger partial charge in [-0.15, -0.1) is 0 Å². The molecule has 0 unspecified atom stereocenters. The van der Waals surface area contributed by atoms with Crippen LogP contribution < -0.4 is 10.2 Å². The van der Waals surface area contributed by atoms with Gasteiger partial charge in [0, 0.05) is 13.6 Å². The molecule has 1 aromatic heterocycles. The molecule has 0 fully saturated rings. The van der Waals surface area contributed by atoms with Gasteiger partial charge in [-0.25, -0.2) is 4.39 Å². The van der Waals surface area contributed by atoms with Gasteiger partial charge in [-0.05, 0) is 25.1 Å². The predicted octanol–water partition coefficient (Wildman–Crippen LogP) is 3.42. The van der Waals surface area contributed by atoms with Crippen molar-refractivity contribution < 1.29 is 4.39 Å². The number of aromatic nitrogens is 1. The Bertz CT molecular complexity index is 528. The van der Waals surface area contributed by atoms with E-state index in [0.717, 1.165) is 11.4 Å². The molecule has 0 aliphatic heterocycles. The second kappa shape index (κ2) is 5.49. The van der Waals surface area contributed by atoms with E-state index in [0.29, 0.717) is 12.2 Å². The molecule has 18 heavy (non-hydrogen) atoms. The molecule has 0 atom stereocenters. The Balaban J connectivity index is 2.42. The number of nitrogens with one attached hydrogen (secondary N) is 1.